The van der Waals surface area contributed by atoms with Crippen LogP contribution >= 0.6 is 11.3 Å². The number of allylic oxidation sites excluding steroid dienone is 1. The van der Waals surface area contributed by atoms with Gasteiger partial charge < -0.3 is 5.32 Å². The minimum Gasteiger partial charge on any atom is -0.351 e. The summed E-state index contributed by atoms with van der Waals surface area (Å²) in [5, 5.41) is 2.61. The van der Waals surface area contributed by atoms with Gasteiger partial charge in [0, 0.05) is 11.8 Å². The third-order valence-electron chi connectivity index (χ3n) is 3.10. The summed E-state index contributed by atoms with van der Waals surface area (Å²) in [6.07, 6.45) is -2.19. The van der Waals surface area contributed by atoms with E-state index in [-0.39, 0.29) is 17.3 Å². The Balaban J connectivity index is 2.13. The number of amides is 1. The Kier molecular flexibility index (Phi) is 5.56. The van der Waals surface area contributed by atoms with E-state index in [9.17, 15) is 22.8 Å². The maximum absolute atomic E-state index is 12.9. The lowest BCUT2D eigenvalue weighted by Gasteiger charge is -2.09. The van der Waals surface area contributed by atoms with Gasteiger partial charge in [-0.15, -0.1) is 11.3 Å². The van der Waals surface area contributed by atoms with E-state index in [0.717, 1.165) is 17.0 Å². The van der Waals surface area contributed by atoms with Gasteiger partial charge in [-0.1, -0.05) is 24.3 Å². The van der Waals surface area contributed by atoms with Crippen LogP contribution in [0.2, 0.25) is 0 Å². The number of ketones is 1. The minimum absolute atomic E-state index is 0.0617. The highest BCUT2D eigenvalue weighted by atomic mass is 32.1. The van der Waals surface area contributed by atoms with Gasteiger partial charge in [0.2, 0.25) is 5.91 Å². The van der Waals surface area contributed by atoms with Crippen LogP contribution in [0.25, 0.3) is 6.08 Å². The molecule has 0 aliphatic carbocycles. The molecule has 0 fully saturated rings. The van der Waals surface area contributed by atoms with Crippen LogP contribution in [0.1, 0.15) is 32.6 Å². The molecule has 1 heterocycles. The lowest BCUT2D eigenvalue weighted by atomic mass is 10.1. The molecule has 2 rings (SSSR count). The van der Waals surface area contributed by atoms with Gasteiger partial charge in [-0.25, -0.2) is 0 Å². The Morgan fingerprint density at radius 3 is 2.54 bits per heavy atom. The van der Waals surface area contributed by atoms with Crippen LogP contribution in [0.3, 0.4) is 0 Å². The summed E-state index contributed by atoms with van der Waals surface area (Å²) < 4.78 is 38.7. The molecule has 1 aromatic carbocycles. The number of alkyl halides is 3. The maximum atomic E-state index is 12.9. The maximum Gasteiger partial charge on any atom is 0.416 e. The number of thiophene rings is 1. The highest BCUT2D eigenvalue weighted by molar-refractivity contribution is 7.14. The first-order valence-corrected chi connectivity index (χ1v) is 7.81. The zero-order valence-corrected chi connectivity index (χ0v) is 13.5. The zero-order valence-electron chi connectivity index (χ0n) is 12.7. The van der Waals surface area contributed by atoms with E-state index in [1.165, 1.54) is 42.5 Å². The second-order valence-electron chi connectivity index (χ2n) is 4.96. The largest absolute Gasteiger partial charge is 0.416 e. The van der Waals surface area contributed by atoms with Crippen LogP contribution < -0.4 is 5.32 Å². The van der Waals surface area contributed by atoms with E-state index < -0.39 is 11.7 Å². The Hall–Kier alpha value is -2.41. The molecule has 0 saturated heterocycles. The van der Waals surface area contributed by atoms with E-state index >= 15 is 0 Å². The summed E-state index contributed by atoms with van der Waals surface area (Å²) in [4.78, 5) is 24.1. The van der Waals surface area contributed by atoms with Gasteiger partial charge in [-0.3, -0.25) is 9.59 Å². The molecule has 2 aromatic rings. The fourth-order valence-electron chi connectivity index (χ4n) is 1.97. The van der Waals surface area contributed by atoms with Crippen molar-refractivity contribution in [2.75, 3.05) is 0 Å². The van der Waals surface area contributed by atoms with Crippen molar-refractivity contribution in [3.8, 4) is 0 Å². The quantitative estimate of drug-likeness (QED) is 0.643. The number of hydrogen-bond acceptors (Lipinski definition) is 3. The number of carbonyl (C=O) groups is 2. The fraction of sp³-hybridized carbons (Fsp3) is 0.176. The second kappa shape index (κ2) is 7.44. The molecule has 0 unspecified atom stereocenters. The van der Waals surface area contributed by atoms with Crippen molar-refractivity contribution in [3.63, 3.8) is 0 Å². The Morgan fingerprint density at radius 2 is 1.88 bits per heavy atom. The van der Waals surface area contributed by atoms with Gasteiger partial charge in [0.05, 0.1) is 17.0 Å². The molecule has 1 N–H and O–H groups in total. The van der Waals surface area contributed by atoms with Crippen LogP contribution in [0.4, 0.5) is 13.2 Å². The van der Waals surface area contributed by atoms with Gasteiger partial charge in [0.15, 0.2) is 5.78 Å². The topological polar surface area (TPSA) is 46.2 Å². The normalized spacial score (nSPS) is 11.7. The van der Waals surface area contributed by atoms with E-state index in [0.29, 0.717) is 11.4 Å². The van der Waals surface area contributed by atoms with Crippen LogP contribution in [0.5, 0.6) is 0 Å². The number of rotatable bonds is 5. The molecular weight excluding hydrogens is 339 g/mol. The SMILES string of the molecule is CC(=O)NCc1ccc(C(=O)C=Cc2ccccc2C(F)(F)F)s1. The Morgan fingerprint density at radius 1 is 1.17 bits per heavy atom. The number of nitrogens with one attached hydrogen (secondary N) is 1. The second-order valence-corrected chi connectivity index (χ2v) is 6.13. The average Bonchev–Trinajstić information content (AvgIpc) is 2.99. The van der Waals surface area contributed by atoms with Gasteiger partial charge in [-0.2, -0.15) is 13.2 Å². The molecule has 1 amide bonds. The average molecular weight is 353 g/mol. The summed E-state index contributed by atoms with van der Waals surface area (Å²) in [6.45, 7) is 1.70. The molecule has 3 nitrogen and oxygen atoms in total. The van der Waals surface area contributed by atoms with Crippen LogP contribution in [0.15, 0.2) is 42.5 Å². The number of carbonyl (C=O) groups excluding carboxylic acids is 2. The summed E-state index contributed by atoms with van der Waals surface area (Å²) in [5.74, 6) is -0.564. The lowest BCUT2D eigenvalue weighted by molar-refractivity contribution is -0.137. The van der Waals surface area contributed by atoms with Crippen LogP contribution in [-0.2, 0) is 17.5 Å². The number of hydrogen-bond donors (Lipinski definition) is 1. The first kappa shape index (κ1) is 17.9. The standard InChI is InChI=1S/C17H14F3NO2S/c1-11(22)21-10-13-7-9-16(24-13)15(23)8-6-12-4-2-3-5-14(12)17(18,19)20/h2-9H,10H2,1H3,(H,21,22). The third kappa shape index (κ3) is 4.79. The summed E-state index contributed by atoms with van der Waals surface area (Å²) >= 11 is 1.19. The zero-order chi connectivity index (χ0) is 17.7. The van der Waals surface area contributed by atoms with Crippen molar-refractivity contribution in [1.82, 2.24) is 5.32 Å². The van der Waals surface area contributed by atoms with Gasteiger partial charge in [0.1, 0.15) is 0 Å². The van der Waals surface area contributed by atoms with Crippen molar-refractivity contribution in [2.45, 2.75) is 19.6 Å². The van der Waals surface area contributed by atoms with Gasteiger partial charge in [-0.05, 0) is 29.8 Å². The predicted molar refractivity (Wildman–Crippen MR) is 86.6 cm³/mol. The number of benzene rings is 1. The van der Waals surface area contributed by atoms with E-state index in [4.69, 9.17) is 0 Å². The molecule has 0 aliphatic heterocycles. The van der Waals surface area contributed by atoms with Gasteiger partial charge in [0.25, 0.3) is 0 Å². The molecule has 1 aromatic heterocycles. The molecule has 0 radical (unpaired) electrons. The first-order valence-electron chi connectivity index (χ1n) is 6.99. The van der Waals surface area contributed by atoms with Crippen molar-refractivity contribution >= 4 is 29.1 Å². The predicted octanol–water partition coefficient (Wildman–Crippen LogP) is 4.30. The summed E-state index contributed by atoms with van der Waals surface area (Å²) in [6, 6.07) is 8.35. The molecular formula is C17H14F3NO2S. The Bertz CT molecular complexity index is 778. The Labute approximate surface area is 140 Å². The first-order chi connectivity index (χ1) is 11.3. The molecule has 126 valence electrons. The lowest BCUT2D eigenvalue weighted by Crippen LogP contribution is -2.18. The fourth-order valence-corrected chi connectivity index (χ4v) is 2.83. The van der Waals surface area contributed by atoms with E-state index in [1.807, 2.05) is 0 Å². The van der Waals surface area contributed by atoms with Crippen molar-refractivity contribution in [2.24, 2.45) is 0 Å². The highest BCUT2D eigenvalue weighted by Crippen LogP contribution is 2.32. The third-order valence-corrected chi connectivity index (χ3v) is 4.20. The molecule has 7 heteroatoms. The van der Waals surface area contributed by atoms with Crippen LogP contribution in [0, 0.1) is 0 Å². The van der Waals surface area contributed by atoms with E-state index in [1.54, 1.807) is 12.1 Å². The smallest absolute Gasteiger partial charge is 0.351 e. The van der Waals surface area contributed by atoms with Crippen molar-refractivity contribution in [3.05, 3.63) is 63.4 Å². The van der Waals surface area contributed by atoms with Crippen LogP contribution in [-0.4, -0.2) is 11.7 Å². The molecule has 0 saturated carbocycles. The minimum atomic E-state index is -4.47. The molecule has 0 bridgehead atoms. The molecule has 0 spiro atoms. The molecule has 0 aliphatic rings. The highest BCUT2D eigenvalue weighted by Gasteiger charge is 2.32. The molecule has 24 heavy (non-hydrogen) atoms. The summed E-state index contributed by atoms with van der Waals surface area (Å²) in [5.41, 5.74) is -0.847. The van der Waals surface area contributed by atoms with Crippen molar-refractivity contribution < 1.29 is 22.8 Å². The molecule has 0 atom stereocenters. The van der Waals surface area contributed by atoms with E-state index in [2.05, 4.69) is 5.32 Å². The van der Waals surface area contributed by atoms with Gasteiger partial charge >= 0.3 is 6.18 Å². The summed E-state index contributed by atoms with van der Waals surface area (Å²) in [7, 11) is 0. The number of halogens is 3. The monoisotopic (exact) mass is 353 g/mol. The van der Waals surface area contributed by atoms with Crippen molar-refractivity contribution in [1.29, 1.82) is 0 Å².